The van der Waals surface area contributed by atoms with Crippen LogP contribution >= 0.6 is 0 Å². The molecule has 0 unspecified atom stereocenters. The highest BCUT2D eigenvalue weighted by atomic mass is 32.2. The Morgan fingerprint density at radius 3 is 2.29 bits per heavy atom. The van der Waals surface area contributed by atoms with Crippen molar-refractivity contribution in [1.29, 1.82) is 0 Å². The van der Waals surface area contributed by atoms with E-state index in [1.807, 2.05) is 24.3 Å². The Kier molecular flexibility index (Phi) is 6.44. The molecule has 0 saturated carbocycles. The largest absolute Gasteiger partial charge is 0.395 e. The van der Waals surface area contributed by atoms with Crippen LogP contribution in [0.1, 0.15) is 24.3 Å². The summed E-state index contributed by atoms with van der Waals surface area (Å²) >= 11 is 0. The number of fused-ring (bicyclic) bond motifs is 1. The molecule has 3 aromatic rings. The van der Waals surface area contributed by atoms with Crippen LogP contribution in [0.15, 0.2) is 72.1 Å². The number of nitrogens with zero attached hydrogens (tertiary/aromatic N) is 4. The Bertz CT molecular complexity index is 1220. The fraction of sp³-hybridized carbons (Fsp3) is 0.360. The molecule has 34 heavy (non-hydrogen) atoms. The zero-order chi connectivity index (χ0) is 23.7. The molecule has 178 valence electrons. The molecule has 0 spiro atoms. The lowest BCUT2D eigenvalue weighted by atomic mass is 9.74. The van der Waals surface area contributed by atoms with Crippen LogP contribution in [0.4, 0.5) is 4.39 Å². The standard InChI is InChI=1S/C25H27FN4O3S/c26-21-7-9-22(10-8-21)34(32,33)29-11-1-2-12-30-23(15-29)25(24(30)16-31)19-5-3-18(4-6-19)20-13-27-17-28-14-20/h3-10,13-14,17,23-25,31H,1-2,11-12,15-16H2/t23-,24+,25+/m1/s1. The molecular formula is C25H27FN4O3S. The predicted octanol–water partition coefficient (Wildman–Crippen LogP) is 2.90. The summed E-state index contributed by atoms with van der Waals surface area (Å²) in [6.45, 7) is 1.60. The third kappa shape index (κ3) is 4.24. The Hall–Kier alpha value is -2.72. The number of aliphatic hydroxyl groups excluding tert-OH is 1. The molecule has 5 rings (SSSR count). The van der Waals surface area contributed by atoms with Crippen molar-refractivity contribution in [3.63, 3.8) is 0 Å². The molecule has 0 bridgehead atoms. The van der Waals surface area contributed by atoms with Crippen molar-refractivity contribution >= 4 is 10.0 Å². The van der Waals surface area contributed by atoms with Crippen molar-refractivity contribution in [2.45, 2.75) is 35.7 Å². The number of rotatable bonds is 5. The number of hydrogen-bond donors (Lipinski definition) is 1. The van der Waals surface area contributed by atoms with Gasteiger partial charge < -0.3 is 5.11 Å². The average molecular weight is 483 g/mol. The summed E-state index contributed by atoms with van der Waals surface area (Å²) in [5, 5.41) is 10.2. The summed E-state index contributed by atoms with van der Waals surface area (Å²) in [6, 6.07) is 13.0. The van der Waals surface area contributed by atoms with E-state index in [1.165, 1.54) is 34.9 Å². The van der Waals surface area contributed by atoms with Crippen LogP contribution in [-0.2, 0) is 10.0 Å². The molecule has 1 aromatic heterocycles. The Labute approximate surface area is 198 Å². The lowest BCUT2D eigenvalue weighted by Gasteiger charge is -2.57. The van der Waals surface area contributed by atoms with Crippen molar-refractivity contribution in [3.05, 3.63) is 78.6 Å². The molecular weight excluding hydrogens is 455 g/mol. The number of aromatic nitrogens is 2. The van der Waals surface area contributed by atoms with Crippen LogP contribution in [0.3, 0.4) is 0 Å². The first kappa shape index (κ1) is 23.0. The van der Waals surface area contributed by atoms with Gasteiger partial charge in [0, 0.05) is 49.0 Å². The molecule has 0 radical (unpaired) electrons. The van der Waals surface area contributed by atoms with Gasteiger partial charge in [0.1, 0.15) is 12.1 Å². The predicted molar refractivity (Wildman–Crippen MR) is 126 cm³/mol. The quantitative estimate of drug-likeness (QED) is 0.602. The Morgan fingerprint density at radius 1 is 0.941 bits per heavy atom. The molecule has 7 nitrogen and oxygen atoms in total. The van der Waals surface area contributed by atoms with Crippen molar-refractivity contribution < 1.29 is 17.9 Å². The summed E-state index contributed by atoms with van der Waals surface area (Å²) < 4.78 is 41.6. The minimum absolute atomic E-state index is 0.00934. The first-order valence-electron chi connectivity index (χ1n) is 11.5. The van der Waals surface area contributed by atoms with E-state index in [0.29, 0.717) is 13.1 Å². The minimum Gasteiger partial charge on any atom is -0.395 e. The van der Waals surface area contributed by atoms with Crippen molar-refractivity contribution in [1.82, 2.24) is 19.2 Å². The number of benzene rings is 2. The van der Waals surface area contributed by atoms with Crippen LogP contribution in [0.2, 0.25) is 0 Å². The molecule has 9 heteroatoms. The molecule has 2 aliphatic rings. The van der Waals surface area contributed by atoms with Gasteiger partial charge in [0.25, 0.3) is 0 Å². The fourth-order valence-electron chi connectivity index (χ4n) is 5.23. The summed E-state index contributed by atoms with van der Waals surface area (Å²) in [7, 11) is -3.75. The zero-order valence-corrected chi connectivity index (χ0v) is 19.5. The first-order valence-corrected chi connectivity index (χ1v) is 12.9. The van der Waals surface area contributed by atoms with Crippen LogP contribution in [0.25, 0.3) is 11.1 Å². The van der Waals surface area contributed by atoms with E-state index < -0.39 is 15.8 Å². The van der Waals surface area contributed by atoms with E-state index >= 15 is 0 Å². The van der Waals surface area contributed by atoms with E-state index in [1.54, 1.807) is 12.4 Å². The lowest BCUT2D eigenvalue weighted by molar-refractivity contribution is -0.0553. The molecule has 2 fully saturated rings. The Balaban J connectivity index is 1.42. The minimum atomic E-state index is -3.75. The van der Waals surface area contributed by atoms with Crippen molar-refractivity contribution in [3.8, 4) is 11.1 Å². The van der Waals surface area contributed by atoms with Crippen molar-refractivity contribution in [2.24, 2.45) is 0 Å². The summed E-state index contributed by atoms with van der Waals surface area (Å²) in [5.41, 5.74) is 2.99. The van der Waals surface area contributed by atoms with Gasteiger partial charge >= 0.3 is 0 Å². The molecule has 0 amide bonds. The second kappa shape index (κ2) is 9.50. The molecule has 1 N–H and O–H groups in total. The van der Waals surface area contributed by atoms with Gasteiger partial charge in [-0.15, -0.1) is 0 Å². The van der Waals surface area contributed by atoms with E-state index in [-0.39, 0.29) is 29.5 Å². The summed E-state index contributed by atoms with van der Waals surface area (Å²) in [6.07, 6.45) is 6.60. The number of aliphatic hydroxyl groups is 1. The number of hydrogen-bond acceptors (Lipinski definition) is 6. The van der Waals surface area contributed by atoms with Crippen LogP contribution in [0.5, 0.6) is 0 Å². The third-order valence-electron chi connectivity index (χ3n) is 6.97. The highest BCUT2D eigenvalue weighted by Gasteiger charge is 2.50. The smallest absolute Gasteiger partial charge is 0.243 e. The third-order valence-corrected chi connectivity index (χ3v) is 8.85. The van der Waals surface area contributed by atoms with Gasteiger partial charge in [-0.25, -0.2) is 22.8 Å². The zero-order valence-electron chi connectivity index (χ0n) is 18.7. The maximum absolute atomic E-state index is 13.4. The van der Waals surface area contributed by atoms with Gasteiger partial charge in [0.15, 0.2) is 0 Å². The van der Waals surface area contributed by atoms with E-state index in [9.17, 15) is 17.9 Å². The molecule has 2 saturated heterocycles. The molecule has 2 aromatic carbocycles. The lowest BCUT2D eigenvalue weighted by Crippen LogP contribution is -2.67. The second-order valence-corrected chi connectivity index (χ2v) is 10.8. The number of sulfonamides is 1. The Morgan fingerprint density at radius 2 is 1.62 bits per heavy atom. The average Bonchev–Trinajstić information content (AvgIpc) is 2.84. The number of halogens is 1. The van der Waals surface area contributed by atoms with Crippen molar-refractivity contribution in [2.75, 3.05) is 26.2 Å². The summed E-state index contributed by atoms with van der Waals surface area (Å²) in [5.74, 6) is -0.455. The second-order valence-electron chi connectivity index (χ2n) is 8.85. The van der Waals surface area contributed by atoms with Crippen LogP contribution in [0, 0.1) is 5.82 Å². The van der Waals surface area contributed by atoms with Gasteiger partial charge in [0.2, 0.25) is 10.0 Å². The van der Waals surface area contributed by atoms with Crippen LogP contribution in [-0.4, -0.2) is 71.0 Å². The topological polar surface area (TPSA) is 86.6 Å². The van der Waals surface area contributed by atoms with Gasteiger partial charge in [-0.05, 0) is 54.8 Å². The molecule has 2 aliphatic heterocycles. The van der Waals surface area contributed by atoms with Crippen LogP contribution < -0.4 is 0 Å². The first-order chi connectivity index (χ1) is 16.5. The molecule has 0 aliphatic carbocycles. The van der Waals surface area contributed by atoms with Gasteiger partial charge in [0.05, 0.1) is 11.5 Å². The summed E-state index contributed by atoms with van der Waals surface area (Å²) in [4.78, 5) is 10.5. The maximum atomic E-state index is 13.4. The normalized spacial score (nSPS) is 24.0. The maximum Gasteiger partial charge on any atom is 0.243 e. The van der Waals surface area contributed by atoms with Gasteiger partial charge in [-0.2, -0.15) is 4.31 Å². The highest BCUT2D eigenvalue weighted by molar-refractivity contribution is 7.89. The van der Waals surface area contributed by atoms with E-state index in [4.69, 9.17) is 0 Å². The monoisotopic (exact) mass is 482 g/mol. The molecule has 3 atom stereocenters. The SMILES string of the molecule is O=S(=O)(c1ccc(F)cc1)N1CCCCN2[C@H](C1)[C@H](c1ccc(-c3cncnc3)cc1)[C@@H]2CO. The highest BCUT2D eigenvalue weighted by Crippen LogP contribution is 2.43. The van der Waals surface area contributed by atoms with E-state index in [2.05, 4.69) is 14.9 Å². The van der Waals surface area contributed by atoms with Gasteiger partial charge in [-0.3, -0.25) is 4.90 Å². The van der Waals surface area contributed by atoms with Gasteiger partial charge in [-0.1, -0.05) is 24.3 Å². The fourth-order valence-corrected chi connectivity index (χ4v) is 6.73. The molecule has 3 heterocycles. The van der Waals surface area contributed by atoms with E-state index in [0.717, 1.165) is 36.1 Å².